The van der Waals surface area contributed by atoms with E-state index >= 15 is 0 Å². The van der Waals surface area contributed by atoms with Crippen LogP contribution in [0.4, 0.5) is 4.79 Å². The minimum Gasteiger partial charge on any atom is -0.495 e. The molecule has 0 bridgehead atoms. The van der Waals surface area contributed by atoms with E-state index in [0.29, 0.717) is 65.8 Å². The van der Waals surface area contributed by atoms with Crippen LogP contribution in [0.15, 0.2) is 24.3 Å². The lowest BCUT2D eigenvalue weighted by Gasteiger charge is -2.25. The normalized spacial score (nSPS) is 12.9. The van der Waals surface area contributed by atoms with E-state index in [1.807, 2.05) is 0 Å². The number of nitrogens with zero attached hydrogens (tertiary/aromatic N) is 3. The lowest BCUT2D eigenvalue weighted by molar-refractivity contribution is 0.0168. The molecule has 1 aliphatic heterocycles. The molecule has 3 aromatic rings. The molecule has 2 aromatic carbocycles. The Balaban J connectivity index is 1.81. The summed E-state index contributed by atoms with van der Waals surface area (Å²) in [6.45, 7) is 3.22. The van der Waals surface area contributed by atoms with Gasteiger partial charge in [0.1, 0.15) is 11.4 Å². The van der Waals surface area contributed by atoms with Gasteiger partial charge in [-0.15, -0.1) is 5.92 Å². The van der Waals surface area contributed by atoms with Crippen molar-refractivity contribution in [2.24, 2.45) is 0 Å². The highest BCUT2D eigenvalue weighted by Gasteiger charge is 2.26. The first kappa shape index (κ1) is 26.6. The summed E-state index contributed by atoms with van der Waals surface area (Å²) in [7, 11) is 5.96. The zero-order valence-corrected chi connectivity index (χ0v) is 22.0. The van der Waals surface area contributed by atoms with Gasteiger partial charge in [0.05, 0.1) is 52.7 Å². The highest BCUT2D eigenvalue weighted by molar-refractivity contribution is 6.16. The third-order valence-corrected chi connectivity index (χ3v) is 6.07. The zero-order valence-electron chi connectivity index (χ0n) is 22.0. The van der Waals surface area contributed by atoms with E-state index in [-0.39, 0.29) is 18.0 Å². The van der Waals surface area contributed by atoms with E-state index in [0.717, 1.165) is 0 Å². The van der Waals surface area contributed by atoms with Gasteiger partial charge in [-0.2, -0.15) is 5.10 Å². The molecule has 11 nitrogen and oxygen atoms in total. The van der Waals surface area contributed by atoms with Gasteiger partial charge in [-0.05, 0) is 31.2 Å². The fraction of sp³-hybridized carbons (Fsp3) is 0.370. The molecule has 2 heterocycles. The van der Waals surface area contributed by atoms with Crippen LogP contribution < -0.4 is 18.9 Å². The van der Waals surface area contributed by atoms with Crippen LogP contribution in [-0.2, 0) is 16.2 Å². The number of hydrogen-bond donors (Lipinski definition) is 0. The Morgan fingerprint density at radius 1 is 0.974 bits per heavy atom. The molecular formula is C27H29N3O8. The Kier molecular flexibility index (Phi) is 8.23. The van der Waals surface area contributed by atoms with Crippen LogP contribution in [0.3, 0.4) is 0 Å². The quantitative estimate of drug-likeness (QED) is 0.325. The molecule has 1 saturated heterocycles. The van der Waals surface area contributed by atoms with Crippen molar-refractivity contribution in [2.45, 2.75) is 13.7 Å². The second kappa shape index (κ2) is 11.7. The molecular weight excluding hydrogens is 494 g/mol. The minimum atomic E-state index is -0.500. The first-order valence-corrected chi connectivity index (χ1v) is 11.8. The number of aromatic nitrogens is 2. The van der Waals surface area contributed by atoms with Crippen LogP contribution in [0.1, 0.15) is 28.5 Å². The number of morpholine rings is 1. The number of fused-ring (bicyclic) bond motifs is 1. The highest BCUT2D eigenvalue weighted by Crippen LogP contribution is 2.39. The molecule has 200 valence electrons. The van der Waals surface area contributed by atoms with E-state index in [2.05, 4.69) is 16.9 Å². The molecule has 1 aromatic heterocycles. The fourth-order valence-electron chi connectivity index (χ4n) is 4.24. The van der Waals surface area contributed by atoms with Gasteiger partial charge in [-0.25, -0.2) is 9.48 Å². The van der Waals surface area contributed by atoms with Crippen molar-refractivity contribution in [2.75, 3.05) is 54.7 Å². The van der Waals surface area contributed by atoms with Gasteiger partial charge in [-0.1, -0.05) is 5.92 Å². The van der Waals surface area contributed by atoms with Crippen LogP contribution in [-0.4, -0.2) is 81.3 Å². The van der Waals surface area contributed by atoms with E-state index in [1.54, 1.807) is 36.1 Å². The zero-order chi connectivity index (χ0) is 27.2. The standard InChI is InChI=1S/C27H29N3O8/c1-6-7-18-20(33-2)9-8-19-23(25(31)17-14-21(34-3)26(36-5)22(15-17)35-4)28-30(24(18)19)16-38-27(32)29-10-12-37-13-11-29/h8-9,14-15H,10-13,16H2,1-5H3. The smallest absolute Gasteiger partial charge is 0.411 e. The van der Waals surface area contributed by atoms with Crippen molar-refractivity contribution in [3.8, 4) is 34.8 Å². The average molecular weight is 524 g/mol. The molecule has 0 spiro atoms. The largest absolute Gasteiger partial charge is 0.495 e. The van der Waals surface area contributed by atoms with Crippen molar-refractivity contribution in [1.29, 1.82) is 0 Å². The molecule has 0 N–H and O–H groups in total. The van der Waals surface area contributed by atoms with Crippen molar-refractivity contribution in [3.05, 3.63) is 41.1 Å². The van der Waals surface area contributed by atoms with E-state index < -0.39 is 11.9 Å². The fourth-order valence-corrected chi connectivity index (χ4v) is 4.24. The summed E-state index contributed by atoms with van der Waals surface area (Å²) in [4.78, 5) is 28.0. The summed E-state index contributed by atoms with van der Waals surface area (Å²) in [5.41, 5.74) is 1.43. The molecule has 0 saturated carbocycles. The molecule has 1 fully saturated rings. The number of ether oxygens (including phenoxy) is 6. The van der Waals surface area contributed by atoms with Gasteiger partial charge in [0.25, 0.3) is 0 Å². The van der Waals surface area contributed by atoms with Crippen LogP contribution in [0.5, 0.6) is 23.0 Å². The maximum atomic E-state index is 13.8. The molecule has 1 aliphatic rings. The number of methoxy groups -OCH3 is 4. The van der Waals surface area contributed by atoms with E-state index in [4.69, 9.17) is 28.4 Å². The predicted molar refractivity (Wildman–Crippen MR) is 137 cm³/mol. The Hall–Kier alpha value is -4.43. The molecule has 0 radical (unpaired) electrons. The molecule has 1 amide bonds. The van der Waals surface area contributed by atoms with Gasteiger partial charge in [0.2, 0.25) is 11.5 Å². The van der Waals surface area contributed by atoms with Crippen molar-refractivity contribution < 1.29 is 38.0 Å². The minimum absolute atomic E-state index is 0.138. The number of ketones is 1. The lowest BCUT2D eigenvalue weighted by Crippen LogP contribution is -2.41. The Bertz CT molecular complexity index is 1390. The molecule has 11 heteroatoms. The van der Waals surface area contributed by atoms with Gasteiger partial charge in [0.15, 0.2) is 18.2 Å². The maximum absolute atomic E-state index is 13.8. The topological polar surface area (TPSA) is 111 Å². The molecule has 4 rings (SSSR count). The number of benzene rings is 2. The Morgan fingerprint density at radius 2 is 1.63 bits per heavy atom. The molecule has 0 unspecified atom stereocenters. The third-order valence-electron chi connectivity index (χ3n) is 6.07. The highest BCUT2D eigenvalue weighted by atomic mass is 16.6. The SMILES string of the molecule is CC#Cc1c(OC)ccc2c(C(=O)c3cc(OC)c(OC)c(OC)c3)nn(COC(=O)N3CCOCC3)c12. The number of carbonyl (C=O) groups excluding carboxylic acids is 2. The number of hydrogen-bond acceptors (Lipinski definition) is 9. The summed E-state index contributed by atoms with van der Waals surface area (Å²) >= 11 is 0. The summed E-state index contributed by atoms with van der Waals surface area (Å²) < 4.78 is 34.0. The lowest BCUT2D eigenvalue weighted by atomic mass is 10.0. The maximum Gasteiger partial charge on any atom is 0.411 e. The van der Waals surface area contributed by atoms with E-state index in [1.165, 1.54) is 33.1 Å². The summed E-state index contributed by atoms with van der Waals surface area (Å²) in [5, 5.41) is 5.08. The first-order valence-electron chi connectivity index (χ1n) is 11.8. The van der Waals surface area contributed by atoms with E-state index in [9.17, 15) is 9.59 Å². The number of amides is 1. The van der Waals surface area contributed by atoms with Crippen molar-refractivity contribution >= 4 is 22.8 Å². The van der Waals surface area contributed by atoms with Crippen molar-refractivity contribution in [1.82, 2.24) is 14.7 Å². The summed E-state index contributed by atoms with van der Waals surface area (Å²) in [6, 6.07) is 6.57. The average Bonchev–Trinajstić information content (AvgIpc) is 3.34. The van der Waals surface area contributed by atoms with Crippen molar-refractivity contribution in [3.63, 3.8) is 0 Å². The number of carbonyl (C=O) groups is 2. The Morgan fingerprint density at radius 3 is 2.21 bits per heavy atom. The second-order valence-corrected chi connectivity index (χ2v) is 8.14. The van der Waals surface area contributed by atoms with Gasteiger partial charge in [-0.3, -0.25) is 4.79 Å². The summed E-state index contributed by atoms with van der Waals surface area (Å²) in [6.07, 6.45) is -0.500. The number of rotatable bonds is 8. The third kappa shape index (κ3) is 5.03. The van der Waals surface area contributed by atoms with Crippen LogP contribution in [0.2, 0.25) is 0 Å². The first-order chi connectivity index (χ1) is 18.5. The van der Waals surface area contributed by atoms with Gasteiger partial charge in [0, 0.05) is 24.0 Å². The second-order valence-electron chi connectivity index (χ2n) is 8.14. The van der Waals surface area contributed by atoms with Crippen LogP contribution in [0, 0.1) is 11.8 Å². The van der Waals surface area contributed by atoms with Gasteiger partial charge >= 0.3 is 6.09 Å². The Labute approximate surface area is 220 Å². The van der Waals surface area contributed by atoms with Crippen LogP contribution >= 0.6 is 0 Å². The summed E-state index contributed by atoms with van der Waals surface area (Å²) in [5.74, 6) is 7.04. The molecule has 38 heavy (non-hydrogen) atoms. The monoisotopic (exact) mass is 523 g/mol. The van der Waals surface area contributed by atoms with Crippen LogP contribution in [0.25, 0.3) is 10.9 Å². The molecule has 0 atom stereocenters. The molecule has 0 aliphatic carbocycles. The van der Waals surface area contributed by atoms with Gasteiger partial charge < -0.3 is 33.3 Å². The predicted octanol–water partition coefficient (Wildman–Crippen LogP) is 3.10.